The van der Waals surface area contributed by atoms with Gasteiger partial charge in [-0.25, -0.2) is 8.42 Å². The number of nitrogens with one attached hydrogen (secondary N) is 1. The molecule has 0 spiro atoms. The Hall–Kier alpha value is -2.87. The van der Waals surface area contributed by atoms with Crippen molar-refractivity contribution in [3.8, 4) is 5.75 Å². The van der Waals surface area contributed by atoms with E-state index >= 15 is 0 Å². The quantitative estimate of drug-likeness (QED) is 0.783. The lowest BCUT2D eigenvalue weighted by atomic mass is 10.1. The van der Waals surface area contributed by atoms with Crippen LogP contribution in [0.2, 0.25) is 0 Å². The topological polar surface area (TPSA) is 116 Å². The summed E-state index contributed by atoms with van der Waals surface area (Å²) in [6.07, 6.45) is 1.93. The van der Waals surface area contributed by atoms with Crippen LogP contribution in [0.3, 0.4) is 0 Å². The van der Waals surface area contributed by atoms with Crippen LogP contribution in [0.15, 0.2) is 46.2 Å². The molecule has 3 N–H and O–H groups in total. The van der Waals surface area contributed by atoms with Gasteiger partial charge in [-0.1, -0.05) is 0 Å². The van der Waals surface area contributed by atoms with Crippen LogP contribution < -0.4 is 15.8 Å². The number of rotatable bonds is 6. The van der Waals surface area contributed by atoms with Crippen molar-refractivity contribution >= 4 is 21.7 Å². The Morgan fingerprint density at radius 2 is 1.78 bits per heavy atom. The molecule has 142 valence electrons. The van der Waals surface area contributed by atoms with Crippen molar-refractivity contribution < 1.29 is 22.7 Å². The van der Waals surface area contributed by atoms with E-state index in [1.165, 1.54) is 43.5 Å². The summed E-state index contributed by atoms with van der Waals surface area (Å²) in [4.78, 5) is 23.6. The fourth-order valence-electron chi connectivity index (χ4n) is 2.74. The van der Waals surface area contributed by atoms with E-state index in [1.807, 2.05) is 0 Å². The van der Waals surface area contributed by atoms with Crippen molar-refractivity contribution in [3.05, 3.63) is 53.1 Å². The Balaban J connectivity index is 2.01. The average Bonchev–Trinajstić information content (AvgIpc) is 3.45. The van der Waals surface area contributed by atoms with Gasteiger partial charge in [0.25, 0.3) is 11.8 Å². The molecule has 3 rings (SSSR count). The molecular formula is C19H20N2O5S. The molecule has 8 heteroatoms. The van der Waals surface area contributed by atoms with Crippen molar-refractivity contribution in [1.29, 1.82) is 0 Å². The number of sulfone groups is 1. The predicted octanol–water partition coefficient (Wildman–Crippen LogP) is 1.83. The zero-order chi connectivity index (χ0) is 19.8. The van der Waals surface area contributed by atoms with Gasteiger partial charge in [-0.05, 0) is 61.7 Å². The number of amides is 2. The second kappa shape index (κ2) is 7.03. The van der Waals surface area contributed by atoms with Crippen molar-refractivity contribution in [2.24, 2.45) is 5.73 Å². The summed E-state index contributed by atoms with van der Waals surface area (Å²) in [7, 11) is -2.70. The van der Waals surface area contributed by atoms with Crippen molar-refractivity contribution in [2.45, 2.75) is 35.6 Å². The maximum atomic E-state index is 13.1. The second-order valence-corrected chi connectivity index (χ2v) is 8.40. The van der Waals surface area contributed by atoms with Gasteiger partial charge in [0.2, 0.25) is 9.84 Å². The largest absolute Gasteiger partial charge is 0.495 e. The van der Waals surface area contributed by atoms with Crippen LogP contribution in [-0.2, 0) is 9.84 Å². The maximum absolute atomic E-state index is 13.1. The SMILES string of the molecule is COc1c(C(N)=O)cc(C)cc1S(=O)(=O)c1ccc(C(=O)NC2CC2)cc1. The molecular weight excluding hydrogens is 368 g/mol. The minimum Gasteiger partial charge on any atom is -0.495 e. The normalized spacial score (nSPS) is 13.9. The summed E-state index contributed by atoms with van der Waals surface area (Å²) in [5, 5.41) is 2.85. The molecule has 1 saturated carbocycles. The van der Waals surface area contributed by atoms with Crippen molar-refractivity contribution in [2.75, 3.05) is 7.11 Å². The van der Waals surface area contributed by atoms with Gasteiger partial charge in [-0.2, -0.15) is 0 Å². The van der Waals surface area contributed by atoms with Crippen LogP contribution >= 0.6 is 0 Å². The van der Waals surface area contributed by atoms with Crippen LogP contribution in [-0.4, -0.2) is 33.4 Å². The molecule has 0 heterocycles. The molecule has 0 atom stereocenters. The van der Waals surface area contributed by atoms with Crippen molar-refractivity contribution in [1.82, 2.24) is 5.32 Å². The summed E-state index contributed by atoms with van der Waals surface area (Å²) in [6, 6.07) is 8.76. The summed E-state index contributed by atoms with van der Waals surface area (Å²) in [6.45, 7) is 1.66. The van der Waals surface area contributed by atoms with E-state index < -0.39 is 15.7 Å². The number of primary amides is 1. The molecule has 0 aromatic heterocycles. The predicted molar refractivity (Wildman–Crippen MR) is 98.6 cm³/mol. The van der Waals surface area contributed by atoms with Crippen molar-refractivity contribution in [3.63, 3.8) is 0 Å². The molecule has 0 unspecified atom stereocenters. The molecule has 0 radical (unpaired) electrons. The minimum absolute atomic E-state index is 0.00323. The van der Waals surface area contributed by atoms with Gasteiger partial charge < -0.3 is 15.8 Å². The lowest BCUT2D eigenvalue weighted by Crippen LogP contribution is -2.25. The molecule has 27 heavy (non-hydrogen) atoms. The van der Waals surface area contributed by atoms with E-state index in [0.29, 0.717) is 11.1 Å². The first kappa shape index (κ1) is 18.9. The second-order valence-electron chi connectivity index (χ2n) is 6.48. The lowest BCUT2D eigenvalue weighted by Gasteiger charge is -2.14. The average molecular weight is 388 g/mol. The molecule has 1 fully saturated rings. The zero-order valence-corrected chi connectivity index (χ0v) is 15.8. The highest BCUT2D eigenvalue weighted by molar-refractivity contribution is 7.91. The first-order chi connectivity index (χ1) is 12.7. The highest BCUT2D eigenvalue weighted by Gasteiger charge is 2.27. The highest BCUT2D eigenvalue weighted by atomic mass is 32.2. The summed E-state index contributed by atoms with van der Waals surface area (Å²) in [5.41, 5.74) is 6.29. The Morgan fingerprint density at radius 1 is 1.15 bits per heavy atom. The molecule has 1 aliphatic rings. The third-order valence-corrected chi connectivity index (χ3v) is 6.07. The van der Waals surface area contributed by atoms with Gasteiger partial charge in [-0.3, -0.25) is 9.59 Å². The Morgan fingerprint density at radius 3 is 2.30 bits per heavy atom. The Bertz CT molecular complexity index is 1010. The molecule has 2 aromatic rings. The first-order valence-electron chi connectivity index (χ1n) is 8.38. The Labute approximate surface area is 157 Å². The number of hydrogen-bond acceptors (Lipinski definition) is 5. The third kappa shape index (κ3) is 3.80. The fraction of sp³-hybridized carbons (Fsp3) is 0.263. The molecule has 0 aliphatic heterocycles. The number of methoxy groups -OCH3 is 1. The van der Waals surface area contributed by atoms with Crippen LogP contribution in [0.5, 0.6) is 5.75 Å². The van der Waals surface area contributed by atoms with E-state index in [2.05, 4.69) is 5.32 Å². The molecule has 2 amide bonds. The standard InChI is InChI=1S/C19H20N2O5S/c1-11-9-15(18(20)22)17(26-2)16(10-11)27(24,25)14-7-3-12(4-8-14)19(23)21-13-5-6-13/h3-4,7-10,13H,5-6H2,1-2H3,(H2,20,22)(H,21,23). The number of ether oxygens (including phenoxy) is 1. The molecule has 0 bridgehead atoms. The van der Waals surface area contributed by atoms with E-state index in [4.69, 9.17) is 10.5 Å². The number of carbonyl (C=O) groups is 2. The van der Waals surface area contributed by atoms with Crippen LogP contribution in [0, 0.1) is 6.92 Å². The molecule has 1 aliphatic carbocycles. The molecule has 2 aromatic carbocycles. The Kier molecular flexibility index (Phi) is 4.93. The summed E-state index contributed by atoms with van der Waals surface area (Å²) < 4.78 is 31.3. The van der Waals surface area contributed by atoms with Gasteiger partial charge in [0.05, 0.1) is 17.6 Å². The van der Waals surface area contributed by atoms with E-state index in [1.54, 1.807) is 6.92 Å². The number of hydrogen-bond donors (Lipinski definition) is 2. The lowest BCUT2D eigenvalue weighted by molar-refractivity contribution is 0.0949. The summed E-state index contributed by atoms with van der Waals surface area (Å²) >= 11 is 0. The zero-order valence-electron chi connectivity index (χ0n) is 15.0. The monoisotopic (exact) mass is 388 g/mol. The number of benzene rings is 2. The molecule has 7 nitrogen and oxygen atoms in total. The van der Waals surface area contributed by atoms with Gasteiger partial charge in [0, 0.05) is 11.6 Å². The van der Waals surface area contributed by atoms with Crippen LogP contribution in [0.1, 0.15) is 39.1 Å². The van der Waals surface area contributed by atoms with E-state index in [-0.39, 0.29) is 33.1 Å². The van der Waals surface area contributed by atoms with Gasteiger partial charge in [0.1, 0.15) is 4.90 Å². The minimum atomic E-state index is -3.98. The van der Waals surface area contributed by atoms with Crippen LogP contribution in [0.25, 0.3) is 0 Å². The van der Waals surface area contributed by atoms with Gasteiger partial charge in [-0.15, -0.1) is 0 Å². The highest BCUT2D eigenvalue weighted by Crippen LogP contribution is 2.33. The summed E-state index contributed by atoms with van der Waals surface area (Å²) in [5.74, 6) is -1.10. The molecule has 0 saturated heterocycles. The van der Waals surface area contributed by atoms with Gasteiger partial charge in [0.15, 0.2) is 5.75 Å². The fourth-order valence-corrected chi connectivity index (χ4v) is 4.27. The maximum Gasteiger partial charge on any atom is 0.252 e. The first-order valence-corrected chi connectivity index (χ1v) is 9.87. The number of nitrogens with two attached hydrogens (primary N) is 1. The van der Waals surface area contributed by atoms with E-state index in [9.17, 15) is 18.0 Å². The smallest absolute Gasteiger partial charge is 0.252 e. The van der Waals surface area contributed by atoms with Crippen LogP contribution in [0.4, 0.5) is 0 Å². The number of carbonyl (C=O) groups excluding carboxylic acids is 2. The van der Waals surface area contributed by atoms with E-state index in [0.717, 1.165) is 12.8 Å². The number of aryl methyl sites for hydroxylation is 1. The third-order valence-electron chi connectivity index (χ3n) is 4.30. The van der Waals surface area contributed by atoms with Gasteiger partial charge >= 0.3 is 0 Å².